The van der Waals surface area contributed by atoms with Gasteiger partial charge in [0.15, 0.2) is 0 Å². The monoisotopic (exact) mass is 317 g/mol. The van der Waals surface area contributed by atoms with Gasteiger partial charge in [-0.3, -0.25) is 4.90 Å². The van der Waals surface area contributed by atoms with Crippen LogP contribution in [-0.2, 0) is 6.54 Å². The van der Waals surface area contributed by atoms with Crippen LogP contribution < -0.4 is 0 Å². The zero-order valence-corrected chi connectivity index (χ0v) is 12.2. The summed E-state index contributed by atoms with van der Waals surface area (Å²) in [6, 6.07) is 6.05. The Morgan fingerprint density at radius 1 is 1.59 bits per heavy atom. The van der Waals surface area contributed by atoms with Crippen molar-refractivity contribution in [2.24, 2.45) is 5.92 Å². The highest BCUT2D eigenvalue weighted by atomic mass is 79.9. The van der Waals surface area contributed by atoms with Gasteiger partial charge in [0.05, 0.1) is 11.1 Å². The van der Waals surface area contributed by atoms with Gasteiger partial charge in [-0.15, -0.1) is 0 Å². The van der Waals surface area contributed by atoms with E-state index in [4.69, 9.17) is 11.6 Å². The summed E-state index contributed by atoms with van der Waals surface area (Å²) in [6.07, 6.45) is 0.892. The van der Waals surface area contributed by atoms with Gasteiger partial charge in [0, 0.05) is 17.6 Å². The summed E-state index contributed by atoms with van der Waals surface area (Å²) < 4.78 is 0.947. The molecule has 17 heavy (non-hydrogen) atoms. The molecule has 1 saturated heterocycles. The normalized spacial score (nSPS) is 22.9. The number of halogens is 2. The van der Waals surface area contributed by atoms with Crippen LogP contribution in [0.4, 0.5) is 0 Å². The lowest BCUT2D eigenvalue weighted by molar-refractivity contribution is 0.127. The minimum Gasteiger partial charge on any atom is -0.393 e. The Morgan fingerprint density at radius 3 is 2.94 bits per heavy atom. The fourth-order valence-electron chi connectivity index (χ4n) is 2.30. The quantitative estimate of drug-likeness (QED) is 0.924. The van der Waals surface area contributed by atoms with Gasteiger partial charge < -0.3 is 5.11 Å². The third kappa shape index (κ3) is 3.44. The first kappa shape index (κ1) is 13.3. The number of nitrogens with zero attached hydrogens (tertiary/aromatic N) is 1. The number of aliphatic hydroxyl groups excluding tert-OH is 1. The maximum Gasteiger partial charge on any atom is 0.0552 e. The summed E-state index contributed by atoms with van der Waals surface area (Å²) in [5.74, 6) is 0.422. The molecule has 0 aromatic heterocycles. The van der Waals surface area contributed by atoms with Gasteiger partial charge in [-0.2, -0.15) is 0 Å². The lowest BCUT2D eigenvalue weighted by Gasteiger charge is -2.17. The van der Waals surface area contributed by atoms with E-state index in [2.05, 4.69) is 33.0 Å². The maximum atomic E-state index is 9.56. The van der Waals surface area contributed by atoms with Crippen molar-refractivity contribution in [3.8, 4) is 0 Å². The third-order valence-corrected chi connectivity index (χ3v) is 4.60. The number of hydrogen-bond donors (Lipinski definition) is 1. The van der Waals surface area contributed by atoms with Crippen LogP contribution in [0.3, 0.4) is 0 Å². The van der Waals surface area contributed by atoms with E-state index in [0.717, 1.165) is 35.6 Å². The topological polar surface area (TPSA) is 23.5 Å². The average Bonchev–Trinajstić information content (AvgIpc) is 2.72. The summed E-state index contributed by atoms with van der Waals surface area (Å²) in [7, 11) is 0. The van der Waals surface area contributed by atoms with Crippen LogP contribution in [0.2, 0.25) is 5.02 Å². The Bertz CT molecular complexity index is 397. The van der Waals surface area contributed by atoms with Gasteiger partial charge in [-0.1, -0.05) is 17.7 Å². The SMILES string of the molecule is CC(O)C1CCN(Cc2ccc(Cl)c(Br)c2)C1. The molecule has 1 N–H and O–H groups in total. The molecule has 1 aromatic rings. The van der Waals surface area contributed by atoms with Crippen molar-refractivity contribution in [3.05, 3.63) is 33.3 Å². The van der Waals surface area contributed by atoms with Crippen molar-refractivity contribution in [2.45, 2.75) is 26.0 Å². The van der Waals surface area contributed by atoms with Crippen molar-refractivity contribution >= 4 is 27.5 Å². The predicted octanol–water partition coefficient (Wildman–Crippen LogP) is 3.31. The molecule has 0 bridgehead atoms. The highest BCUT2D eigenvalue weighted by Crippen LogP contribution is 2.26. The van der Waals surface area contributed by atoms with Crippen molar-refractivity contribution in [2.75, 3.05) is 13.1 Å². The Balaban J connectivity index is 1.96. The second-order valence-electron chi connectivity index (χ2n) is 4.77. The molecule has 2 atom stereocenters. The summed E-state index contributed by atoms with van der Waals surface area (Å²) in [6.45, 7) is 4.86. The number of aliphatic hydroxyl groups is 1. The summed E-state index contributed by atoms with van der Waals surface area (Å²) in [4.78, 5) is 2.38. The molecule has 0 amide bonds. The first-order valence-corrected chi connectivity index (χ1v) is 7.07. The summed E-state index contributed by atoms with van der Waals surface area (Å²) >= 11 is 9.41. The fourth-order valence-corrected chi connectivity index (χ4v) is 2.84. The zero-order valence-electron chi connectivity index (χ0n) is 9.87. The minimum atomic E-state index is -0.197. The molecule has 2 nitrogen and oxygen atoms in total. The van der Waals surface area contributed by atoms with Gasteiger partial charge in [-0.05, 0) is 59.4 Å². The first-order valence-electron chi connectivity index (χ1n) is 5.90. The smallest absolute Gasteiger partial charge is 0.0552 e. The van der Waals surface area contributed by atoms with Gasteiger partial charge in [-0.25, -0.2) is 0 Å². The Hall–Kier alpha value is -0.0900. The van der Waals surface area contributed by atoms with Crippen LogP contribution in [0.15, 0.2) is 22.7 Å². The molecule has 0 aliphatic carbocycles. The van der Waals surface area contributed by atoms with Crippen molar-refractivity contribution in [3.63, 3.8) is 0 Å². The van der Waals surface area contributed by atoms with Crippen LogP contribution in [0.1, 0.15) is 18.9 Å². The lowest BCUT2D eigenvalue weighted by Crippen LogP contribution is -2.23. The number of hydrogen-bond acceptors (Lipinski definition) is 2. The van der Waals surface area contributed by atoms with Crippen molar-refractivity contribution < 1.29 is 5.11 Å². The van der Waals surface area contributed by atoms with Crippen LogP contribution in [0, 0.1) is 5.92 Å². The van der Waals surface area contributed by atoms with Gasteiger partial charge in [0.25, 0.3) is 0 Å². The Morgan fingerprint density at radius 2 is 2.35 bits per heavy atom. The molecule has 0 saturated carbocycles. The molecule has 1 fully saturated rings. The zero-order chi connectivity index (χ0) is 12.4. The summed E-state index contributed by atoms with van der Waals surface area (Å²) in [5.41, 5.74) is 1.26. The molecule has 2 unspecified atom stereocenters. The molecular formula is C13H17BrClNO. The van der Waals surface area contributed by atoms with E-state index in [1.807, 2.05) is 13.0 Å². The molecule has 1 heterocycles. The fraction of sp³-hybridized carbons (Fsp3) is 0.538. The molecule has 1 aliphatic rings. The largest absolute Gasteiger partial charge is 0.393 e. The van der Waals surface area contributed by atoms with E-state index in [9.17, 15) is 5.11 Å². The van der Waals surface area contributed by atoms with Crippen molar-refractivity contribution in [1.82, 2.24) is 4.90 Å². The Labute approximate surface area is 116 Å². The standard InChI is InChI=1S/C13H17BrClNO/c1-9(17)11-4-5-16(8-11)7-10-2-3-13(15)12(14)6-10/h2-3,6,9,11,17H,4-5,7-8H2,1H3. The number of rotatable bonds is 3. The van der Waals surface area contributed by atoms with E-state index in [1.165, 1.54) is 5.56 Å². The average molecular weight is 319 g/mol. The van der Waals surface area contributed by atoms with Crippen molar-refractivity contribution in [1.29, 1.82) is 0 Å². The molecule has 4 heteroatoms. The van der Waals surface area contributed by atoms with E-state index in [-0.39, 0.29) is 6.10 Å². The van der Waals surface area contributed by atoms with E-state index < -0.39 is 0 Å². The summed E-state index contributed by atoms with van der Waals surface area (Å²) in [5, 5.41) is 10.3. The van der Waals surface area contributed by atoms with Gasteiger partial charge in [0.2, 0.25) is 0 Å². The predicted molar refractivity (Wildman–Crippen MR) is 74.2 cm³/mol. The molecule has 0 spiro atoms. The van der Waals surface area contributed by atoms with E-state index >= 15 is 0 Å². The molecular weight excluding hydrogens is 302 g/mol. The van der Waals surface area contributed by atoms with E-state index in [1.54, 1.807) is 0 Å². The van der Waals surface area contributed by atoms with Gasteiger partial charge >= 0.3 is 0 Å². The molecule has 1 aromatic carbocycles. The van der Waals surface area contributed by atoms with Crippen LogP contribution in [0.25, 0.3) is 0 Å². The van der Waals surface area contributed by atoms with Gasteiger partial charge in [0.1, 0.15) is 0 Å². The molecule has 0 radical (unpaired) electrons. The first-order chi connectivity index (χ1) is 8.06. The Kier molecular flexibility index (Phi) is 4.47. The maximum absolute atomic E-state index is 9.56. The number of benzene rings is 1. The van der Waals surface area contributed by atoms with E-state index in [0.29, 0.717) is 5.92 Å². The van der Waals surface area contributed by atoms with Crippen LogP contribution in [-0.4, -0.2) is 29.2 Å². The second-order valence-corrected chi connectivity index (χ2v) is 6.03. The third-order valence-electron chi connectivity index (χ3n) is 3.38. The lowest BCUT2D eigenvalue weighted by atomic mass is 10.0. The molecule has 2 rings (SSSR count). The second kappa shape index (κ2) is 5.70. The highest BCUT2D eigenvalue weighted by molar-refractivity contribution is 9.10. The molecule has 94 valence electrons. The highest BCUT2D eigenvalue weighted by Gasteiger charge is 2.25. The molecule has 1 aliphatic heterocycles. The minimum absolute atomic E-state index is 0.197. The van der Waals surface area contributed by atoms with Crippen LogP contribution in [0.5, 0.6) is 0 Å². The van der Waals surface area contributed by atoms with Crippen LogP contribution >= 0.6 is 27.5 Å². The number of likely N-dealkylation sites (tertiary alicyclic amines) is 1.